The molecule has 0 aromatic heterocycles. The van der Waals surface area contributed by atoms with Crippen LogP contribution in [-0.2, 0) is 4.79 Å². The summed E-state index contributed by atoms with van der Waals surface area (Å²) >= 11 is 0. The van der Waals surface area contributed by atoms with E-state index in [1.54, 1.807) is 0 Å². The Labute approximate surface area is 128 Å². The third-order valence-corrected chi connectivity index (χ3v) is 4.11. The van der Waals surface area contributed by atoms with Crippen LogP contribution in [0.5, 0.6) is 5.75 Å². The predicted molar refractivity (Wildman–Crippen MR) is 85.8 cm³/mol. The molecule has 0 unspecified atom stereocenters. The Morgan fingerprint density at radius 1 is 1.14 bits per heavy atom. The molecule has 0 saturated carbocycles. The number of hydrogen-bond donors (Lipinski definition) is 0. The Balaban J connectivity index is 2.09. The van der Waals surface area contributed by atoms with E-state index in [0.717, 1.165) is 37.2 Å². The standard InChI is InChI=1S/C18H27NO2/c1-13(2)16-9-8-14(3)12-17(16)21-15(4)18(20)19-10-6-5-7-11-19/h8-9,12-13,15H,5-7,10-11H2,1-4H3/t15-/m0/s1. The molecule has 1 fully saturated rings. The molecule has 0 N–H and O–H groups in total. The van der Waals surface area contributed by atoms with Gasteiger partial charge in [0.2, 0.25) is 0 Å². The summed E-state index contributed by atoms with van der Waals surface area (Å²) in [4.78, 5) is 14.4. The second-order valence-corrected chi connectivity index (χ2v) is 6.34. The maximum absolute atomic E-state index is 12.5. The topological polar surface area (TPSA) is 29.5 Å². The lowest BCUT2D eigenvalue weighted by Gasteiger charge is -2.29. The van der Waals surface area contributed by atoms with Crippen molar-refractivity contribution in [2.24, 2.45) is 0 Å². The van der Waals surface area contributed by atoms with E-state index in [1.807, 2.05) is 24.8 Å². The lowest BCUT2D eigenvalue weighted by Crippen LogP contribution is -2.43. The summed E-state index contributed by atoms with van der Waals surface area (Å²) in [6.07, 6.45) is 3.04. The fourth-order valence-corrected chi connectivity index (χ4v) is 2.83. The number of benzene rings is 1. The SMILES string of the molecule is Cc1ccc(C(C)C)c(O[C@@H](C)C(=O)N2CCCCC2)c1. The third-order valence-electron chi connectivity index (χ3n) is 4.11. The molecule has 1 aliphatic rings. The Bertz CT molecular complexity index is 490. The number of nitrogens with zero attached hydrogens (tertiary/aromatic N) is 1. The zero-order valence-corrected chi connectivity index (χ0v) is 13.7. The van der Waals surface area contributed by atoms with Crippen LogP contribution in [0.4, 0.5) is 0 Å². The van der Waals surface area contributed by atoms with Crippen LogP contribution in [0, 0.1) is 6.92 Å². The minimum atomic E-state index is -0.414. The first-order chi connectivity index (χ1) is 9.99. The average molecular weight is 289 g/mol. The number of hydrogen-bond acceptors (Lipinski definition) is 2. The highest BCUT2D eigenvalue weighted by Crippen LogP contribution is 2.28. The van der Waals surface area contributed by atoms with Crippen LogP contribution in [0.25, 0.3) is 0 Å². The quantitative estimate of drug-likeness (QED) is 0.841. The number of carbonyl (C=O) groups excluding carboxylic acids is 1. The van der Waals surface area contributed by atoms with Crippen LogP contribution < -0.4 is 4.74 Å². The largest absolute Gasteiger partial charge is 0.481 e. The molecular formula is C18H27NO2. The van der Waals surface area contributed by atoms with Gasteiger partial charge < -0.3 is 9.64 Å². The highest BCUT2D eigenvalue weighted by Gasteiger charge is 2.24. The maximum atomic E-state index is 12.5. The molecule has 21 heavy (non-hydrogen) atoms. The summed E-state index contributed by atoms with van der Waals surface area (Å²) in [5.74, 6) is 1.35. The summed E-state index contributed by atoms with van der Waals surface area (Å²) < 4.78 is 6.01. The van der Waals surface area contributed by atoms with Crippen molar-refractivity contribution in [3.8, 4) is 5.75 Å². The van der Waals surface area contributed by atoms with Gasteiger partial charge in [0.15, 0.2) is 6.10 Å². The number of ether oxygens (including phenoxy) is 1. The normalized spacial score (nSPS) is 16.9. The van der Waals surface area contributed by atoms with Gasteiger partial charge in [0.25, 0.3) is 5.91 Å². The Morgan fingerprint density at radius 3 is 2.43 bits per heavy atom. The Morgan fingerprint density at radius 2 is 1.81 bits per heavy atom. The van der Waals surface area contributed by atoms with Crippen LogP contribution in [0.2, 0.25) is 0 Å². The van der Waals surface area contributed by atoms with Crippen LogP contribution in [0.3, 0.4) is 0 Å². The van der Waals surface area contributed by atoms with E-state index in [0.29, 0.717) is 5.92 Å². The predicted octanol–water partition coefficient (Wildman–Crippen LogP) is 3.90. The number of likely N-dealkylation sites (tertiary alicyclic amines) is 1. The molecular weight excluding hydrogens is 262 g/mol. The van der Waals surface area contributed by atoms with E-state index in [2.05, 4.69) is 26.0 Å². The summed E-state index contributed by atoms with van der Waals surface area (Å²) in [7, 11) is 0. The van der Waals surface area contributed by atoms with Gasteiger partial charge >= 0.3 is 0 Å². The van der Waals surface area contributed by atoms with Crippen LogP contribution in [-0.4, -0.2) is 30.0 Å². The Hall–Kier alpha value is -1.51. The van der Waals surface area contributed by atoms with Gasteiger partial charge in [-0.15, -0.1) is 0 Å². The van der Waals surface area contributed by atoms with Gasteiger partial charge in [0.05, 0.1) is 0 Å². The minimum Gasteiger partial charge on any atom is -0.481 e. The first-order valence-electron chi connectivity index (χ1n) is 8.05. The number of carbonyl (C=O) groups is 1. The molecule has 0 radical (unpaired) electrons. The lowest BCUT2D eigenvalue weighted by molar-refractivity contribution is -0.138. The number of amides is 1. The second kappa shape index (κ2) is 6.97. The highest BCUT2D eigenvalue weighted by molar-refractivity contribution is 5.81. The molecule has 2 rings (SSSR count). The molecule has 0 spiro atoms. The van der Waals surface area contributed by atoms with Crippen molar-refractivity contribution in [2.75, 3.05) is 13.1 Å². The van der Waals surface area contributed by atoms with E-state index in [-0.39, 0.29) is 5.91 Å². The highest BCUT2D eigenvalue weighted by atomic mass is 16.5. The number of piperidine rings is 1. The van der Waals surface area contributed by atoms with E-state index >= 15 is 0 Å². The zero-order chi connectivity index (χ0) is 15.4. The monoisotopic (exact) mass is 289 g/mol. The van der Waals surface area contributed by atoms with Gasteiger partial charge in [-0.3, -0.25) is 4.79 Å². The fourth-order valence-electron chi connectivity index (χ4n) is 2.83. The molecule has 0 bridgehead atoms. The molecule has 1 heterocycles. The van der Waals surface area contributed by atoms with Crippen molar-refractivity contribution in [2.45, 2.75) is 59.0 Å². The van der Waals surface area contributed by atoms with Gasteiger partial charge in [-0.25, -0.2) is 0 Å². The van der Waals surface area contributed by atoms with Gasteiger partial charge in [-0.1, -0.05) is 26.0 Å². The third kappa shape index (κ3) is 3.99. The van der Waals surface area contributed by atoms with Crippen molar-refractivity contribution in [3.05, 3.63) is 29.3 Å². The van der Waals surface area contributed by atoms with Crippen molar-refractivity contribution in [1.29, 1.82) is 0 Å². The first kappa shape index (κ1) is 15.9. The van der Waals surface area contributed by atoms with Crippen molar-refractivity contribution >= 4 is 5.91 Å². The van der Waals surface area contributed by atoms with Gasteiger partial charge in [0.1, 0.15) is 5.75 Å². The molecule has 1 saturated heterocycles. The number of rotatable bonds is 4. The first-order valence-corrected chi connectivity index (χ1v) is 8.05. The van der Waals surface area contributed by atoms with E-state index < -0.39 is 6.10 Å². The van der Waals surface area contributed by atoms with E-state index in [1.165, 1.54) is 12.0 Å². The van der Waals surface area contributed by atoms with Gasteiger partial charge in [0, 0.05) is 13.1 Å². The fraction of sp³-hybridized carbons (Fsp3) is 0.611. The van der Waals surface area contributed by atoms with E-state index in [9.17, 15) is 4.79 Å². The summed E-state index contributed by atoms with van der Waals surface area (Å²) in [6.45, 7) is 9.95. The van der Waals surface area contributed by atoms with Crippen LogP contribution in [0.1, 0.15) is 57.1 Å². The zero-order valence-electron chi connectivity index (χ0n) is 13.7. The van der Waals surface area contributed by atoms with Gasteiger partial charge in [-0.05, 0) is 56.2 Å². The van der Waals surface area contributed by atoms with Crippen LogP contribution in [0.15, 0.2) is 18.2 Å². The number of aryl methyl sites for hydroxylation is 1. The summed E-state index contributed by atoms with van der Waals surface area (Å²) in [5, 5.41) is 0. The molecule has 1 amide bonds. The second-order valence-electron chi connectivity index (χ2n) is 6.34. The average Bonchev–Trinajstić information content (AvgIpc) is 2.47. The molecule has 3 heteroatoms. The van der Waals surface area contributed by atoms with E-state index in [4.69, 9.17) is 4.74 Å². The molecule has 1 aliphatic heterocycles. The summed E-state index contributed by atoms with van der Waals surface area (Å²) in [6, 6.07) is 6.24. The molecule has 1 atom stereocenters. The maximum Gasteiger partial charge on any atom is 0.263 e. The molecule has 1 aromatic rings. The molecule has 0 aliphatic carbocycles. The van der Waals surface area contributed by atoms with Crippen molar-refractivity contribution < 1.29 is 9.53 Å². The van der Waals surface area contributed by atoms with Crippen molar-refractivity contribution in [1.82, 2.24) is 4.90 Å². The summed E-state index contributed by atoms with van der Waals surface area (Å²) in [5.41, 5.74) is 2.32. The Kier molecular flexibility index (Phi) is 5.27. The smallest absolute Gasteiger partial charge is 0.263 e. The van der Waals surface area contributed by atoms with Crippen molar-refractivity contribution in [3.63, 3.8) is 0 Å². The molecule has 1 aromatic carbocycles. The minimum absolute atomic E-state index is 0.117. The lowest BCUT2D eigenvalue weighted by atomic mass is 10.0. The molecule has 116 valence electrons. The van der Waals surface area contributed by atoms with Gasteiger partial charge in [-0.2, -0.15) is 0 Å². The molecule has 3 nitrogen and oxygen atoms in total. The van der Waals surface area contributed by atoms with Crippen LogP contribution >= 0.6 is 0 Å².